The number of hydrogen-bond donors (Lipinski definition) is 1. The topological polar surface area (TPSA) is 26.0 Å². The van der Waals surface area contributed by atoms with Crippen molar-refractivity contribution in [2.45, 2.75) is 44.8 Å². The molecule has 0 saturated carbocycles. The molecule has 18 heavy (non-hydrogen) atoms. The van der Waals surface area contributed by atoms with Crippen LogP contribution in [0.5, 0.6) is 0 Å². The predicted molar refractivity (Wildman–Crippen MR) is 70.1 cm³/mol. The highest BCUT2D eigenvalue weighted by Crippen LogP contribution is 2.24. The molecule has 0 aliphatic heterocycles. The number of rotatable bonds is 2. The molecule has 0 heterocycles. The van der Waals surface area contributed by atoms with Gasteiger partial charge in [0.15, 0.2) is 0 Å². The maximum Gasteiger partial charge on any atom is 0.403 e. The fourth-order valence-corrected chi connectivity index (χ4v) is 1.51. The van der Waals surface area contributed by atoms with E-state index < -0.39 is 12.2 Å². The number of halogens is 4. The Morgan fingerprint density at radius 2 is 1.50 bits per heavy atom. The number of alkyl halides is 3. The Balaban J connectivity index is 0.00000289. The van der Waals surface area contributed by atoms with Gasteiger partial charge in [-0.15, -0.1) is 12.4 Å². The molecule has 0 fully saturated rings. The molecule has 0 aliphatic rings. The van der Waals surface area contributed by atoms with Gasteiger partial charge in [0.1, 0.15) is 6.04 Å². The van der Waals surface area contributed by atoms with Crippen molar-refractivity contribution in [1.82, 2.24) is 0 Å². The van der Waals surface area contributed by atoms with E-state index in [1.165, 1.54) is 0 Å². The first kappa shape index (κ1) is 17.3. The minimum Gasteiger partial charge on any atom is -0.320 e. The molecule has 1 aromatic rings. The maximum absolute atomic E-state index is 12.3. The van der Waals surface area contributed by atoms with E-state index in [1.807, 2.05) is 12.1 Å². The van der Waals surface area contributed by atoms with Crippen LogP contribution in [0.15, 0.2) is 24.3 Å². The molecule has 0 amide bonds. The Kier molecular flexibility index (Phi) is 5.69. The van der Waals surface area contributed by atoms with Gasteiger partial charge in [-0.3, -0.25) is 0 Å². The van der Waals surface area contributed by atoms with Crippen LogP contribution in [-0.4, -0.2) is 12.2 Å². The molecule has 0 saturated heterocycles. The molecule has 1 unspecified atom stereocenters. The molecular formula is C13H19ClF3N. The number of benzene rings is 1. The van der Waals surface area contributed by atoms with Crippen LogP contribution in [0.25, 0.3) is 0 Å². The highest BCUT2D eigenvalue weighted by Gasteiger charge is 2.36. The zero-order valence-electron chi connectivity index (χ0n) is 10.7. The average Bonchev–Trinajstić information content (AvgIpc) is 2.15. The van der Waals surface area contributed by atoms with Gasteiger partial charge >= 0.3 is 6.18 Å². The van der Waals surface area contributed by atoms with E-state index in [4.69, 9.17) is 5.73 Å². The molecule has 2 N–H and O–H groups in total. The van der Waals surface area contributed by atoms with Gasteiger partial charge < -0.3 is 5.73 Å². The number of nitrogens with two attached hydrogens (primary N) is 1. The quantitative estimate of drug-likeness (QED) is 0.876. The summed E-state index contributed by atoms with van der Waals surface area (Å²) >= 11 is 0. The predicted octanol–water partition coefficient (Wildman–Crippen LogP) is 3.84. The Morgan fingerprint density at radius 1 is 1.06 bits per heavy atom. The third-order valence-corrected chi connectivity index (χ3v) is 2.70. The van der Waals surface area contributed by atoms with E-state index in [9.17, 15) is 13.2 Å². The van der Waals surface area contributed by atoms with Gasteiger partial charge in [-0.05, 0) is 23.0 Å². The normalized spacial score (nSPS) is 13.9. The minimum absolute atomic E-state index is 0. The highest BCUT2D eigenvalue weighted by molar-refractivity contribution is 5.85. The first-order valence-electron chi connectivity index (χ1n) is 5.52. The Hall–Kier alpha value is -0.740. The van der Waals surface area contributed by atoms with Gasteiger partial charge in [-0.2, -0.15) is 13.2 Å². The van der Waals surface area contributed by atoms with Gasteiger partial charge in [0.25, 0.3) is 0 Å². The van der Waals surface area contributed by atoms with Crippen LogP contribution in [0.3, 0.4) is 0 Å². The molecule has 5 heteroatoms. The molecule has 1 rings (SSSR count). The van der Waals surface area contributed by atoms with E-state index >= 15 is 0 Å². The Morgan fingerprint density at radius 3 is 1.83 bits per heavy atom. The highest BCUT2D eigenvalue weighted by atomic mass is 35.5. The van der Waals surface area contributed by atoms with Crippen molar-refractivity contribution in [3.63, 3.8) is 0 Å². The first-order valence-corrected chi connectivity index (χ1v) is 5.52. The lowest BCUT2D eigenvalue weighted by Gasteiger charge is -2.20. The van der Waals surface area contributed by atoms with Crippen molar-refractivity contribution in [2.24, 2.45) is 5.73 Å². The van der Waals surface area contributed by atoms with Crippen molar-refractivity contribution in [2.75, 3.05) is 0 Å². The molecule has 0 aromatic heterocycles. The van der Waals surface area contributed by atoms with Crippen LogP contribution in [0.2, 0.25) is 0 Å². The summed E-state index contributed by atoms with van der Waals surface area (Å²) in [6, 6.07) is 5.36. The standard InChI is InChI=1S/C13H18F3N.ClH/c1-12(2,3)10-6-4-9(5-7-10)8-11(17)13(14,15)16;/h4-7,11H,8,17H2,1-3H3;1H. The Bertz CT molecular complexity index is 365. The largest absolute Gasteiger partial charge is 0.403 e. The lowest BCUT2D eigenvalue weighted by atomic mass is 9.86. The van der Waals surface area contributed by atoms with E-state index in [2.05, 4.69) is 20.8 Å². The van der Waals surface area contributed by atoms with Crippen molar-refractivity contribution in [3.05, 3.63) is 35.4 Å². The van der Waals surface area contributed by atoms with Crippen LogP contribution in [0.4, 0.5) is 13.2 Å². The first-order chi connectivity index (χ1) is 7.60. The summed E-state index contributed by atoms with van der Waals surface area (Å²) in [4.78, 5) is 0. The van der Waals surface area contributed by atoms with Crippen LogP contribution < -0.4 is 5.73 Å². The molecule has 1 atom stereocenters. The molecule has 1 nitrogen and oxygen atoms in total. The second-order valence-corrected chi connectivity index (χ2v) is 5.30. The van der Waals surface area contributed by atoms with Gasteiger partial charge in [-0.25, -0.2) is 0 Å². The molecule has 0 bridgehead atoms. The average molecular weight is 282 g/mol. The molecule has 104 valence electrons. The van der Waals surface area contributed by atoms with Crippen LogP contribution in [-0.2, 0) is 11.8 Å². The lowest BCUT2D eigenvalue weighted by molar-refractivity contribution is -0.147. The summed E-state index contributed by atoms with van der Waals surface area (Å²) in [5, 5.41) is 0. The van der Waals surface area contributed by atoms with E-state index in [0.717, 1.165) is 5.56 Å². The van der Waals surface area contributed by atoms with Gasteiger partial charge in [0, 0.05) is 0 Å². The smallest absolute Gasteiger partial charge is 0.320 e. The van der Waals surface area contributed by atoms with Crippen LogP contribution in [0, 0.1) is 0 Å². The SMILES string of the molecule is CC(C)(C)c1ccc(CC(N)C(F)(F)F)cc1.Cl. The molecular weight excluding hydrogens is 263 g/mol. The molecule has 0 spiro atoms. The van der Waals surface area contributed by atoms with Crippen LogP contribution >= 0.6 is 12.4 Å². The summed E-state index contributed by atoms with van der Waals surface area (Å²) in [6.45, 7) is 6.18. The fraction of sp³-hybridized carbons (Fsp3) is 0.538. The summed E-state index contributed by atoms with van der Waals surface area (Å²) < 4.78 is 36.8. The van der Waals surface area contributed by atoms with Crippen molar-refractivity contribution in [3.8, 4) is 0 Å². The van der Waals surface area contributed by atoms with Gasteiger partial charge in [-0.1, -0.05) is 45.0 Å². The third-order valence-electron chi connectivity index (χ3n) is 2.70. The Labute approximate surface area is 112 Å². The van der Waals surface area contributed by atoms with Crippen molar-refractivity contribution < 1.29 is 13.2 Å². The number of hydrogen-bond acceptors (Lipinski definition) is 1. The maximum atomic E-state index is 12.3. The monoisotopic (exact) mass is 281 g/mol. The fourth-order valence-electron chi connectivity index (χ4n) is 1.51. The van der Waals surface area contributed by atoms with Crippen molar-refractivity contribution >= 4 is 12.4 Å². The summed E-state index contributed by atoms with van der Waals surface area (Å²) in [5.41, 5.74) is 6.80. The van der Waals surface area contributed by atoms with Crippen LogP contribution in [0.1, 0.15) is 31.9 Å². The van der Waals surface area contributed by atoms with E-state index in [-0.39, 0.29) is 24.2 Å². The minimum atomic E-state index is -4.33. The van der Waals surface area contributed by atoms with E-state index in [1.54, 1.807) is 12.1 Å². The lowest BCUT2D eigenvalue weighted by Crippen LogP contribution is -2.39. The van der Waals surface area contributed by atoms with Gasteiger partial charge in [0.2, 0.25) is 0 Å². The molecule has 0 radical (unpaired) electrons. The second-order valence-electron chi connectivity index (χ2n) is 5.30. The zero-order chi connectivity index (χ0) is 13.3. The zero-order valence-corrected chi connectivity index (χ0v) is 11.5. The van der Waals surface area contributed by atoms with Gasteiger partial charge in [0.05, 0.1) is 0 Å². The summed E-state index contributed by atoms with van der Waals surface area (Å²) in [5.74, 6) is 0. The molecule has 0 aliphatic carbocycles. The van der Waals surface area contributed by atoms with Crippen molar-refractivity contribution in [1.29, 1.82) is 0 Å². The summed E-state index contributed by atoms with van der Waals surface area (Å²) in [6.07, 6.45) is -4.50. The summed E-state index contributed by atoms with van der Waals surface area (Å²) in [7, 11) is 0. The third kappa shape index (κ3) is 4.86. The second kappa shape index (κ2) is 5.93. The molecule has 1 aromatic carbocycles. The van der Waals surface area contributed by atoms with E-state index in [0.29, 0.717) is 5.56 Å².